The molecule has 1 unspecified atom stereocenters. The third kappa shape index (κ3) is 8.60. The SMILES string of the molecule is CCOc1cc(C(C)N(CCCCc2ccccc2)C(=O)NC2(c3nnn(Cc4ccccc4)n3)CC(F)(F)C2)cc(OCC)c1C(C)=O. The van der Waals surface area contributed by atoms with Crippen LogP contribution in [0.2, 0.25) is 0 Å². The van der Waals surface area contributed by atoms with Crippen LogP contribution in [0.5, 0.6) is 11.5 Å². The Hall–Kier alpha value is -4.87. The van der Waals surface area contributed by atoms with E-state index in [1.165, 1.54) is 17.3 Å². The van der Waals surface area contributed by atoms with Crippen LogP contribution in [0, 0.1) is 0 Å². The molecule has 49 heavy (non-hydrogen) atoms. The summed E-state index contributed by atoms with van der Waals surface area (Å²) in [4.78, 5) is 29.9. The van der Waals surface area contributed by atoms with Crippen LogP contribution in [0.15, 0.2) is 72.8 Å². The second-order valence-electron chi connectivity index (χ2n) is 12.5. The fourth-order valence-electron chi connectivity index (χ4n) is 6.30. The lowest BCUT2D eigenvalue weighted by atomic mass is 9.72. The maximum atomic E-state index is 14.6. The molecule has 0 saturated heterocycles. The van der Waals surface area contributed by atoms with Crippen molar-refractivity contribution in [2.75, 3.05) is 19.8 Å². The predicted octanol–water partition coefficient (Wildman–Crippen LogP) is 7.14. The molecule has 3 aromatic carbocycles. The first-order chi connectivity index (χ1) is 23.5. The van der Waals surface area contributed by atoms with E-state index in [9.17, 15) is 18.4 Å². The first-order valence-corrected chi connectivity index (χ1v) is 16.8. The number of Topliss-reactive ketones (excluding diaryl/α,β-unsaturated/α-hetero) is 1. The fourth-order valence-corrected chi connectivity index (χ4v) is 6.30. The van der Waals surface area contributed by atoms with Gasteiger partial charge < -0.3 is 19.7 Å². The number of benzene rings is 3. The van der Waals surface area contributed by atoms with Crippen molar-refractivity contribution in [2.24, 2.45) is 0 Å². The lowest BCUT2D eigenvalue weighted by Gasteiger charge is -2.46. The minimum absolute atomic E-state index is 0.0439. The van der Waals surface area contributed by atoms with Crippen LogP contribution in [0.1, 0.15) is 92.3 Å². The Morgan fingerprint density at radius 3 is 2.08 bits per heavy atom. The van der Waals surface area contributed by atoms with E-state index in [1.54, 1.807) is 17.0 Å². The van der Waals surface area contributed by atoms with Crippen molar-refractivity contribution >= 4 is 11.8 Å². The van der Waals surface area contributed by atoms with Crippen molar-refractivity contribution in [3.05, 3.63) is 101 Å². The fraction of sp³-hybridized carbons (Fsp3) is 0.432. The molecule has 0 bridgehead atoms. The predicted molar refractivity (Wildman–Crippen MR) is 181 cm³/mol. The summed E-state index contributed by atoms with van der Waals surface area (Å²) in [6.07, 6.45) is 0.996. The number of carbonyl (C=O) groups excluding carboxylic acids is 2. The van der Waals surface area contributed by atoms with Gasteiger partial charge in [-0.15, -0.1) is 10.2 Å². The third-order valence-corrected chi connectivity index (χ3v) is 8.72. The molecule has 1 N–H and O–H groups in total. The van der Waals surface area contributed by atoms with E-state index < -0.39 is 36.4 Å². The maximum Gasteiger partial charge on any atom is 0.318 e. The number of hydrogen-bond acceptors (Lipinski definition) is 7. The quantitative estimate of drug-likeness (QED) is 0.0994. The van der Waals surface area contributed by atoms with Crippen LogP contribution in [0.3, 0.4) is 0 Å². The molecule has 10 nitrogen and oxygen atoms in total. The van der Waals surface area contributed by atoms with Crippen molar-refractivity contribution in [3.63, 3.8) is 0 Å². The van der Waals surface area contributed by atoms with Crippen molar-refractivity contribution in [3.8, 4) is 11.5 Å². The van der Waals surface area contributed by atoms with Crippen molar-refractivity contribution in [2.45, 2.75) is 83.8 Å². The lowest BCUT2D eigenvalue weighted by molar-refractivity contribution is -0.137. The van der Waals surface area contributed by atoms with E-state index in [-0.39, 0.29) is 11.6 Å². The molecule has 0 aliphatic heterocycles. The van der Waals surface area contributed by atoms with Gasteiger partial charge in [0.1, 0.15) is 22.6 Å². The summed E-state index contributed by atoms with van der Waals surface area (Å²) in [6, 6.07) is 22.0. The Labute approximate surface area is 285 Å². The molecule has 260 valence electrons. The van der Waals surface area contributed by atoms with Gasteiger partial charge in [-0.1, -0.05) is 60.7 Å². The maximum absolute atomic E-state index is 14.6. The summed E-state index contributed by atoms with van der Waals surface area (Å²) in [5.74, 6) is -2.43. The molecule has 1 aliphatic rings. The van der Waals surface area contributed by atoms with Gasteiger partial charge in [0, 0.05) is 19.4 Å². The minimum Gasteiger partial charge on any atom is -0.493 e. The molecule has 1 saturated carbocycles. The first kappa shape index (κ1) is 35.4. The highest BCUT2D eigenvalue weighted by molar-refractivity contribution is 5.99. The molecule has 4 aromatic rings. The monoisotopic (exact) mass is 674 g/mol. The number of unbranched alkanes of at least 4 members (excludes halogenated alkanes) is 1. The molecule has 1 aromatic heterocycles. The van der Waals surface area contributed by atoms with Crippen molar-refractivity contribution < 1.29 is 27.8 Å². The number of rotatable bonds is 16. The molecule has 0 radical (unpaired) electrons. The van der Waals surface area contributed by atoms with Gasteiger partial charge in [0.15, 0.2) is 5.78 Å². The summed E-state index contributed by atoms with van der Waals surface area (Å²) >= 11 is 0. The second-order valence-corrected chi connectivity index (χ2v) is 12.5. The van der Waals surface area contributed by atoms with Crippen molar-refractivity contribution in [1.29, 1.82) is 0 Å². The molecule has 0 spiro atoms. The Bertz CT molecular complexity index is 1680. The van der Waals surface area contributed by atoms with Gasteiger partial charge in [-0.25, -0.2) is 13.6 Å². The van der Waals surface area contributed by atoms with Crippen LogP contribution in [-0.2, 0) is 18.5 Å². The van der Waals surface area contributed by atoms with Crippen LogP contribution in [0.25, 0.3) is 0 Å². The van der Waals surface area contributed by atoms with E-state index in [0.29, 0.717) is 55.4 Å². The van der Waals surface area contributed by atoms with Gasteiger partial charge >= 0.3 is 6.03 Å². The Balaban J connectivity index is 1.43. The highest BCUT2D eigenvalue weighted by Crippen LogP contribution is 2.51. The van der Waals surface area contributed by atoms with Gasteiger partial charge in [0.2, 0.25) is 5.82 Å². The molecule has 1 atom stereocenters. The Morgan fingerprint density at radius 2 is 1.53 bits per heavy atom. The molecule has 12 heteroatoms. The normalized spacial score (nSPS) is 15.1. The number of ether oxygens (including phenoxy) is 2. The van der Waals surface area contributed by atoms with Crippen LogP contribution in [-0.4, -0.2) is 62.6 Å². The standard InChI is InChI=1S/C37H44F2N6O4/c1-5-48-31-21-30(22-32(49-6-2)33(31)27(4)46)26(3)44(20-14-13-17-28-15-9-7-10-16-28)35(47)40-36(24-37(38,39)25-36)34-41-43-45(42-34)23-29-18-11-8-12-19-29/h7-12,15-16,18-19,21-22,26H,5-6,13-14,17,20,23-25H2,1-4H3,(H,40,47). The number of hydrogen-bond donors (Lipinski definition) is 1. The van der Waals surface area contributed by atoms with Gasteiger partial charge in [-0.2, -0.15) is 4.80 Å². The highest BCUT2D eigenvalue weighted by Gasteiger charge is 2.61. The number of halogens is 2. The lowest BCUT2D eigenvalue weighted by Crippen LogP contribution is -2.62. The highest BCUT2D eigenvalue weighted by atomic mass is 19.3. The Kier molecular flexibility index (Phi) is 11.3. The number of urea groups is 1. The molecule has 5 rings (SSSR count). The summed E-state index contributed by atoms with van der Waals surface area (Å²) in [7, 11) is 0. The number of alkyl halides is 2. The largest absolute Gasteiger partial charge is 0.493 e. The molecular weight excluding hydrogens is 630 g/mol. The number of aryl methyl sites for hydroxylation is 1. The van der Waals surface area contributed by atoms with Gasteiger partial charge in [0.05, 0.1) is 25.8 Å². The molecule has 2 amide bonds. The second kappa shape index (κ2) is 15.6. The number of nitrogens with one attached hydrogen (secondary N) is 1. The Morgan fingerprint density at radius 1 is 0.939 bits per heavy atom. The minimum atomic E-state index is -2.99. The first-order valence-electron chi connectivity index (χ1n) is 16.8. The number of amides is 2. The summed E-state index contributed by atoms with van der Waals surface area (Å²) < 4.78 is 40.9. The van der Waals surface area contributed by atoms with E-state index in [2.05, 4.69) is 32.9 Å². The number of tetrazole rings is 1. The smallest absolute Gasteiger partial charge is 0.318 e. The summed E-state index contributed by atoms with van der Waals surface area (Å²) in [6.45, 7) is 8.25. The number of carbonyl (C=O) groups is 2. The number of aromatic nitrogens is 4. The topological polar surface area (TPSA) is 111 Å². The van der Waals surface area contributed by atoms with Crippen LogP contribution in [0.4, 0.5) is 13.6 Å². The molecule has 1 fully saturated rings. The van der Waals surface area contributed by atoms with E-state index in [0.717, 1.165) is 18.4 Å². The average molecular weight is 675 g/mol. The third-order valence-electron chi connectivity index (χ3n) is 8.72. The average Bonchev–Trinajstić information content (AvgIpc) is 3.53. The van der Waals surface area contributed by atoms with E-state index in [1.807, 2.05) is 69.3 Å². The van der Waals surface area contributed by atoms with Gasteiger partial charge in [-0.3, -0.25) is 4.79 Å². The van der Waals surface area contributed by atoms with Crippen LogP contribution < -0.4 is 14.8 Å². The molecule has 1 aliphatic carbocycles. The van der Waals surface area contributed by atoms with E-state index in [4.69, 9.17) is 9.47 Å². The van der Waals surface area contributed by atoms with Gasteiger partial charge in [0.25, 0.3) is 5.92 Å². The molecule has 1 heterocycles. The summed E-state index contributed by atoms with van der Waals surface area (Å²) in [5, 5.41) is 15.6. The van der Waals surface area contributed by atoms with E-state index >= 15 is 0 Å². The zero-order chi connectivity index (χ0) is 35.0. The van der Waals surface area contributed by atoms with Crippen LogP contribution >= 0.6 is 0 Å². The zero-order valence-corrected chi connectivity index (χ0v) is 28.5. The number of ketones is 1. The number of nitrogens with zero attached hydrogens (tertiary/aromatic N) is 5. The van der Waals surface area contributed by atoms with Crippen molar-refractivity contribution in [1.82, 2.24) is 30.4 Å². The summed E-state index contributed by atoms with van der Waals surface area (Å²) in [5.41, 5.74) is 1.62. The molecular formula is C37H44F2N6O4. The zero-order valence-electron chi connectivity index (χ0n) is 28.5. The van der Waals surface area contributed by atoms with Gasteiger partial charge in [-0.05, 0) is 81.0 Å².